The van der Waals surface area contributed by atoms with Gasteiger partial charge in [-0.05, 0) is 26.0 Å². The minimum atomic E-state index is -0.914. The molecule has 0 saturated carbocycles. The van der Waals surface area contributed by atoms with E-state index in [9.17, 15) is 14.4 Å². The minimum absolute atomic E-state index is 0.498. The maximum absolute atomic E-state index is 12.0. The Balaban J connectivity index is 2.22. The van der Waals surface area contributed by atoms with Crippen molar-refractivity contribution in [3.63, 3.8) is 0 Å². The van der Waals surface area contributed by atoms with Gasteiger partial charge in [-0.25, -0.2) is 4.79 Å². The smallest absolute Gasteiger partial charge is 0.321 e. The van der Waals surface area contributed by atoms with E-state index in [0.717, 1.165) is 5.56 Å². The molecule has 1 saturated heterocycles. The van der Waals surface area contributed by atoms with Crippen LogP contribution >= 0.6 is 0 Å². The van der Waals surface area contributed by atoms with E-state index in [0.29, 0.717) is 5.69 Å². The van der Waals surface area contributed by atoms with Crippen molar-refractivity contribution in [3.05, 3.63) is 29.8 Å². The highest BCUT2D eigenvalue weighted by Gasteiger charge is 2.41. The number of carbonyl (C=O) groups excluding carboxylic acids is 3. The van der Waals surface area contributed by atoms with Crippen molar-refractivity contribution in [2.75, 3.05) is 5.32 Å². The number of benzene rings is 1. The molecule has 0 bridgehead atoms. The van der Waals surface area contributed by atoms with E-state index < -0.39 is 35.8 Å². The van der Waals surface area contributed by atoms with E-state index in [4.69, 9.17) is 5.73 Å². The monoisotopic (exact) mass is 290 g/mol. The summed E-state index contributed by atoms with van der Waals surface area (Å²) in [5.41, 5.74) is 7.17. The molecule has 2 rings (SSSR count). The molecule has 112 valence electrons. The molecule has 1 fully saturated rings. The quantitative estimate of drug-likeness (QED) is 0.630. The Hall–Kier alpha value is -2.57. The van der Waals surface area contributed by atoms with E-state index in [1.807, 2.05) is 19.1 Å². The van der Waals surface area contributed by atoms with Gasteiger partial charge in [-0.15, -0.1) is 0 Å². The van der Waals surface area contributed by atoms with Crippen LogP contribution in [0.4, 0.5) is 10.5 Å². The van der Waals surface area contributed by atoms with E-state index in [1.54, 1.807) is 19.1 Å². The highest BCUT2D eigenvalue weighted by atomic mass is 16.2. The van der Waals surface area contributed by atoms with Crippen LogP contribution < -0.4 is 21.7 Å². The molecule has 1 heterocycles. The lowest BCUT2D eigenvalue weighted by atomic mass is 9.89. The molecule has 0 aromatic heterocycles. The average Bonchev–Trinajstić information content (AvgIpc) is 2.38. The molecule has 1 aromatic carbocycles. The molecule has 3 atom stereocenters. The number of aryl methyl sites for hydroxylation is 1. The van der Waals surface area contributed by atoms with Crippen molar-refractivity contribution in [1.82, 2.24) is 10.6 Å². The highest BCUT2D eigenvalue weighted by molar-refractivity contribution is 6.01. The number of carbonyl (C=O) groups is 3. The molecule has 1 aromatic rings. The summed E-state index contributed by atoms with van der Waals surface area (Å²) in [5, 5.41) is 7.69. The largest absolute Gasteiger partial charge is 0.373 e. The standard InChI is InChI=1S/C14H18N4O3/c1-7-3-5-9(6-4-7)17-11(12(15)19)10-8(2)16-14(21)18-13(10)20/h3-6,8,10-11,17H,1-2H3,(H2,15,19)(H2,16,18,20,21). The summed E-state index contributed by atoms with van der Waals surface area (Å²) in [5.74, 6) is -1.95. The molecule has 7 heteroatoms. The number of nitrogens with two attached hydrogens (primary N) is 1. The summed E-state index contributed by atoms with van der Waals surface area (Å²) >= 11 is 0. The van der Waals surface area contributed by atoms with Gasteiger partial charge in [0.05, 0.1) is 5.92 Å². The van der Waals surface area contributed by atoms with Gasteiger partial charge in [0.15, 0.2) is 0 Å². The lowest BCUT2D eigenvalue weighted by Crippen LogP contribution is -2.63. The predicted molar refractivity (Wildman–Crippen MR) is 77.4 cm³/mol. The van der Waals surface area contributed by atoms with Crippen LogP contribution in [0.1, 0.15) is 12.5 Å². The molecule has 3 unspecified atom stereocenters. The first kappa shape index (κ1) is 14.8. The maximum atomic E-state index is 12.0. The Kier molecular flexibility index (Phi) is 4.11. The molecule has 7 nitrogen and oxygen atoms in total. The van der Waals surface area contributed by atoms with Crippen molar-refractivity contribution >= 4 is 23.5 Å². The molecular weight excluding hydrogens is 272 g/mol. The Morgan fingerprint density at radius 3 is 2.43 bits per heavy atom. The van der Waals surface area contributed by atoms with Crippen molar-refractivity contribution in [1.29, 1.82) is 0 Å². The molecular formula is C14H18N4O3. The Morgan fingerprint density at radius 2 is 1.90 bits per heavy atom. The number of urea groups is 1. The second kappa shape index (κ2) is 5.82. The second-order valence-electron chi connectivity index (χ2n) is 5.17. The Morgan fingerprint density at radius 1 is 1.29 bits per heavy atom. The summed E-state index contributed by atoms with van der Waals surface area (Å²) in [6.07, 6.45) is 0. The number of hydrogen-bond donors (Lipinski definition) is 4. The summed E-state index contributed by atoms with van der Waals surface area (Å²) in [7, 11) is 0. The van der Waals surface area contributed by atoms with Gasteiger partial charge in [0.1, 0.15) is 6.04 Å². The lowest BCUT2D eigenvalue weighted by Gasteiger charge is -2.33. The molecule has 4 amide bonds. The molecule has 0 spiro atoms. The number of amides is 4. The number of nitrogens with one attached hydrogen (secondary N) is 3. The van der Waals surface area contributed by atoms with Crippen LogP contribution in [0.5, 0.6) is 0 Å². The van der Waals surface area contributed by atoms with Crippen LogP contribution in [-0.2, 0) is 9.59 Å². The number of primary amides is 1. The average molecular weight is 290 g/mol. The fourth-order valence-corrected chi connectivity index (χ4v) is 2.36. The molecule has 5 N–H and O–H groups in total. The summed E-state index contributed by atoms with van der Waals surface area (Å²) in [4.78, 5) is 34.9. The number of hydrogen-bond acceptors (Lipinski definition) is 4. The van der Waals surface area contributed by atoms with Gasteiger partial charge in [-0.2, -0.15) is 0 Å². The van der Waals surface area contributed by atoms with Crippen molar-refractivity contribution in [3.8, 4) is 0 Å². The third kappa shape index (κ3) is 3.31. The molecule has 1 aliphatic heterocycles. The van der Waals surface area contributed by atoms with Crippen LogP contribution in [-0.4, -0.2) is 29.9 Å². The fourth-order valence-electron chi connectivity index (χ4n) is 2.36. The zero-order valence-electron chi connectivity index (χ0n) is 11.8. The maximum Gasteiger partial charge on any atom is 0.321 e. The van der Waals surface area contributed by atoms with Gasteiger partial charge in [-0.1, -0.05) is 17.7 Å². The van der Waals surface area contributed by atoms with Crippen LogP contribution in [0, 0.1) is 12.8 Å². The van der Waals surface area contributed by atoms with Crippen LogP contribution in [0.3, 0.4) is 0 Å². The first-order chi connectivity index (χ1) is 9.88. The van der Waals surface area contributed by atoms with Crippen molar-refractivity contribution in [2.24, 2.45) is 11.7 Å². The topological polar surface area (TPSA) is 113 Å². The number of rotatable bonds is 4. The van der Waals surface area contributed by atoms with Gasteiger partial charge in [0.2, 0.25) is 11.8 Å². The predicted octanol–water partition coefficient (Wildman–Crippen LogP) is 0.105. The van der Waals surface area contributed by atoms with Gasteiger partial charge in [0.25, 0.3) is 0 Å². The third-order valence-electron chi connectivity index (χ3n) is 3.48. The van der Waals surface area contributed by atoms with Crippen LogP contribution in [0.25, 0.3) is 0 Å². The van der Waals surface area contributed by atoms with Crippen LogP contribution in [0.15, 0.2) is 24.3 Å². The normalized spacial score (nSPS) is 23.0. The van der Waals surface area contributed by atoms with Gasteiger partial charge >= 0.3 is 6.03 Å². The summed E-state index contributed by atoms with van der Waals surface area (Å²) in [6, 6.07) is 5.39. The zero-order chi connectivity index (χ0) is 15.6. The molecule has 0 aliphatic carbocycles. The zero-order valence-corrected chi connectivity index (χ0v) is 11.8. The van der Waals surface area contributed by atoms with Gasteiger partial charge in [-0.3, -0.25) is 14.9 Å². The van der Waals surface area contributed by atoms with E-state index in [1.165, 1.54) is 0 Å². The Bertz CT molecular complexity index is 570. The highest BCUT2D eigenvalue weighted by Crippen LogP contribution is 2.19. The van der Waals surface area contributed by atoms with Crippen LogP contribution in [0.2, 0.25) is 0 Å². The van der Waals surface area contributed by atoms with Gasteiger partial charge in [0, 0.05) is 11.7 Å². The van der Waals surface area contributed by atoms with E-state index >= 15 is 0 Å². The Labute approximate surface area is 122 Å². The first-order valence-electron chi connectivity index (χ1n) is 6.62. The van der Waals surface area contributed by atoms with Crippen molar-refractivity contribution in [2.45, 2.75) is 25.9 Å². The van der Waals surface area contributed by atoms with E-state index in [-0.39, 0.29) is 0 Å². The second-order valence-corrected chi connectivity index (χ2v) is 5.17. The molecule has 1 aliphatic rings. The van der Waals surface area contributed by atoms with Crippen molar-refractivity contribution < 1.29 is 14.4 Å². The molecule has 21 heavy (non-hydrogen) atoms. The first-order valence-corrected chi connectivity index (χ1v) is 6.62. The minimum Gasteiger partial charge on any atom is -0.373 e. The lowest BCUT2D eigenvalue weighted by molar-refractivity contribution is -0.130. The van der Waals surface area contributed by atoms with Gasteiger partial charge < -0.3 is 16.4 Å². The van der Waals surface area contributed by atoms with E-state index in [2.05, 4.69) is 16.0 Å². The SMILES string of the molecule is Cc1ccc(NC(C(N)=O)C2C(=O)NC(=O)NC2C)cc1. The summed E-state index contributed by atoms with van der Waals surface area (Å²) in [6.45, 7) is 3.61. The third-order valence-corrected chi connectivity index (χ3v) is 3.48. The molecule has 0 radical (unpaired) electrons. The number of anilines is 1. The fraction of sp³-hybridized carbons (Fsp3) is 0.357. The summed E-state index contributed by atoms with van der Waals surface area (Å²) < 4.78 is 0. The number of imide groups is 1.